The van der Waals surface area contributed by atoms with E-state index in [4.69, 9.17) is 10.5 Å². The van der Waals surface area contributed by atoms with Crippen LogP contribution < -0.4 is 5.73 Å². The maximum Gasteiger partial charge on any atom is 0.230 e. The smallest absolute Gasteiger partial charge is 0.230 e. The third-order valence-electron chi connectivity index (χ3n) is 3.52. The van der Waals surface area contributed by atoms with E-state index in [-0.39, 0.29) is 17.3 Å². The molecule has 6 heteroatoms. The zero-order valence-corrected chi connectivity index (χ0v) is 12.5. The van der Waals surface area contributed by atoms with Gasteiger partial charge in [0.2, 0.25) is 5.91 Å². The van der Waals surface area contributed by atoms with Gasteiger partial charge in [0.05, 0.1) is 23.6 Å². The highest BCUT2D eigenvalue weighted by molar-refractivity contribution is 8.00. The van der Waals surface area contributed by atoms with Crippen LogP contribution >= 0.6 is 11.8 Å². The lowest BCUT2D eigenvalue weighted by atomic mass is 10.2. The predicted octanol–water partition coefficient (Wildman–Crippen LogP) is 1.64. The summed E-state index contributed by atoms with van der Waals surface area (Å²) in [5, 5.41) is 0.584. The lowest BCUT2D eigenvalue weighted by Crippen LogP contribution is -2.24. The number of imidazole rings is 1. The molecule has 2 unspecified atom stereocenters. The standard InChI is InChI=1S/C13H21N3O2S/c1-8-9(2)16(7-11-5-4-6-18-11)13(15-8)19-10(3)12(14)17/h10-11H,4-7H2,1-3H3,(H2,14,17). The van der Waals surface area contributed by atoms with Crippen LogP contribution in [0.15, 0.2) is 5.16 Å². The number of hydrogen-bond donors (Lipinski definition) is 1. The summed E-state index contributed by atoms with van der Waals surface area (Å²) in [4.78, 5) is 15.7. The first-order chi connectivity index (χ1) is 8.99. The van der Waals surface area contributed by atoms with Crippen molar-refractivity contribution in [3.8, 4) is 0 Å². The Labute approximate surface area is 117 Å². The van der Waals surface area contributed by atoms with E-state index in [1.165, 1.54) is 11.8 Å². The van der Waals surface area contributed by atoms with Gasteiger partial charge in [0.1, 0.15) is 0 Å². The van der Waals surface area contributed by atoms with Crippen LogP contribution in [0.25, 0.3) is 0 Å². The average Bonchev–Trinajstić information content (AvgIpc) is 2.94. The van der Waals surface area contributed by atoms with Gasteiger partial charge in [0, 0.05) is 12.3 Å². The summed E-state index contributed by atoms with van der Waals surface area (Å²) in [6.07, 6.45) is 2.47. The number of rotatable bonds is 5. The largest absolute Gasteiger partial charge is 0.376 e. The van der Waals surface area contributed by atoms with E-state index in [0.717, 1.165) is 42.5 Å². The fourth-order valence-electron chi connectivity index (χ4n) is 2.14. The minimum Gasteiger partial charge on any atom is -0.376 e. The number of amides is 1. The predicted molar refractivity (Wildman–Crippen MR) is 75.2 cm³/mol. The van der Waals surface area contributed by atoms with E-state index in [1.54, 1.807) is 0 Å². The lowest BCUT2D eigenvalue weighted by molar-refractivity contribution is -0.117. The van der Waals surface area contributed by atoms with Gasteiger partial charge in [0.25, 0.3) is 0 Å². The molecule has 0 aromatic carbocycles. The van der Waals surface area contributed by atoms with Crippen LogP contribution in [0.3, 0.4) is 0 Å². The second-order valence-corrected chi connectivity index (χ2v) is 6.28. The van der Waals surface area contributed by atoms with Crippen molar-refractivity contribution >= 4 is 17.7 Å². The second kappa shape index (κ2) is 5.96. The Morgan fingerprint density at radius 1 is 1.63 bits per heavy atom. The van der Waals surface area contributed by atoms with Crippen molar-refractivity contribution < 1.29 is 9.53 Å². The van der Waals surface area contributed by atoms with Crippen LogP contribution in [0.5, 0.6) is 0 Å². The van der Waals surface area contributed by atoms with E-state index in [0.29, 0.717) is 0 Å². The van der Waals surface area contributed by atoms with Gasteiger partial charge < -0.3 is 15.0 Å². The summed E-state index contributed by atoms with van der Waals surface area (Å²) in [6.45, 7) is 7.50. The molecule has 106 valence electrons. The normalized spacial score (nSPS) is 20.7. The molecule has 2 heterocycles. The molecule has 0 saturated carbocycles. The molecule has 0 radical (unpaired) electrons. The first-order valence-corrected chi connectivity index (χ1v) is 7.48. The fourth-order valence-corrected chi connectivity index (χ4v) is 3.10. The molecule has 2 N–H and O–H groups in total. The van der Waals surface area contributed by atoms with E-state index < -0.39 is 0 Å². The molecule has 1 aromatic heterocycles. The summed E-state index contributed by atoms with van der Waals surface area (Å²) in [7, 11) is 0. The van der Waals surface area contributed by atoms with Crippen molar-refractivity contribution in [2.75, 3.05) is 6.61 Å². The molecule has 1 aliphatic heterocycles. The molecular weight excluding hydrogens is 262 g/mol. The fraction of sp³-hybridized carbons (Fsp3) is 0.692. The van der Waals surface area contributed by atoms with Crippen LogP contribution in [0, 0.1) is 13.8 Å². The van der Waals surface area contributed by atoms with Gasteiger partial charge in [-0.3, -0.25) is 4.79 Å². The number of thioether (sulfide) groups is 1. The first-order valence-electron chi connectivity index (χ1n) is 6.60. The lowest BCUT2D eigenvalue weighted by Gasteiger charge is -2.15. The van der Waals surface area contributed by atoms with Gasteiger partial charge in [-0.05, 0) is 33.6 Å². The molecule has 1 aliphatic rings. The van der Waals surface area contributed by atoms with Crippen LogP contribution in [0.2, 0.25) is 0 Å². The van der Waals surface area contributed by atoms with Crippen molar-refractivity contribution in [1.82, 2.24) is 9.55 Å². The maximum absolute atomic E-state index is 11.2. The van der Waals surface area contributed by atoms with Crippen molar-refractivity contribution in [3.05, 3.63) is 11.4 Å². The number of aromatic nitrogens is 2. The Bertz CT molecular complexity index is 467. The van der Waals surface area contributed by atoms with Gasteiger partial charge in [-0.2, -0.15) is 0 Å². The SMILES string of the molecule is Cc1nc(SC(C)C(N)=O)n(CC2CCCO2)c1C. The molecule has 2 rings (SSSR count). The zero-order chi connectivity index (χ0) is 14.0. The van der Waals surface area contributed by atoms with E-state index in [2.05, 4.69) is 16.5 Å². The Hall–Kier alpha value is -1.01. The molecule has 1 aromatic rings. The minimum absolute atomic E-state index is 0.260. The van der Waals surface area contributed by atoms with Gasteiger partial charge in [-0.25, -0.2) is 4.98 Å². The van der Waals surface area contributed by atoms with Gasteiger partial charge in [-0.15, -0.1) is 0 Å². The number of aryl methyl sites for hydroxylation is 1. The van der Waals surface area contributed by atoms with E-state index >= 15 is 0 Å². The average molecular weight is 283 g/mol. The minimum atomic E-state index is -0.313. The molecule has 2 atom stereocenters. The molecule has 1 fully saturated rings. The molecule has 0 bridgehead atoms. The molecule has 1 amide bonds. The quantitative estimate of drug-likeness (QED) is 0.834. The van der Waals surface area contributed by atoms with E-state index in [1.807, 2.05) is 13.8 Å². The Balaban J connectivity index is 2.17. The van der Waals surface area contributed by atoms with Gasteiger partial charge >= 0.3 is 0 Å². The first kappa shape index (κ1) is 14.4. The van der Waals surface area contributed by atoms with Crippen molar-refractivity contribution in [3.63, 3.8) is 0 Å². The number of nitrogens with zero attached hydrogens (tertiary/aromatic N) is 2. The number of carbonyl (C=O) groups is 1. The summed E-state index contributed by atoms with van der Waals surface area (Å²) in [6, 6.07) is 0. The highest BCUT2D eigenvalue weighted by atomic mass is 32.2. The van der Waals surface area contributed by atoms with Crippen LogP contribution in [-0.2, 0) is 16.1 Å². The summed E-state index contributed by atoms with van der Waals surface area (Å²) in [5.41, 5.74) is 7.45. The number of ether oxygens (including phenoxy) is 1. The highest BCUT2D eigenvalue weighted by Crippen LogP contribution is 2.26. The van der Waals surface area contributed by atoms with Crippen molar-refractivity contribution in [2.45, 2.75) is 56.7 Å². The van der Waals surface area contributed by atoms with Crippen molar-refractivity contribution in [1.29, 1.82) is 0 Å². The van der Waals surface area contributed by atoms with Crippen LogP contribution in [0.1, 0.15) is 31.2 Å². The Morgan fingerprint density at radius 2 is 2.37 bits per heavy atom. The third-order valence-corrected chi connectivity index (χ3v) is 4.62. The maximum atomic E-state index is 11.2. The number of hydrogen-bond acceptors (Lipinski definition) is 4. The molecule has 19 heavy (non-hydrogen) atoms. The third kappa shape index (κ3) is 3.30. The van der Waals surface area contributed by atoms with Gasteiger partial charge in [0.15, 0.2) is 5.16 Å². The number of carbonyl (C=O) groups excluding carboxylic acids is 1. The van der Waals surface area contributed by atoms with Crippen molar-refractivity contribution in [2.24, 2.45) is 5.73 Å². The Morgan fingerprint density at radius 3 is 2.95 bits per heavy atom. The molecule has 0 spiro atoms. The zero-order valence-electron chi connectivity index (χ0n) is 11.7. The summed E-state index contributed by atoms with van der Waals surface area (Å²) in [5.74, 6) is -0.313. The summed E-state index contributed by atoms with van der Waals surface area (Å²) >= 11 is 1.42. The van der Waals surface area contributed by atoms with Gasteiger partial charge in [-0.1, -0.05) is 11.8 Å². The molecular formula is C13H21N3O2S. The van der Waals surface area contributed by atoms with Crippen LogP contribution in [-0.4, -0.2) is 33.4 Å². The molecule has 0 aliphatic carbocycles. The highest BCUT2D eigenvalue weighted by Gasteiger charge is 2.22. The topological polar surface area (TPSA) is 70.1 Å². The molecule has 1 saturated heterocycles. The Kier molecular flexibility index (Phi) is 4.52. The summed E-state index contributed by atoms with van der Waals surface area (Å²) < 4.78 is 7.83. The monoisotopic (exact) mass is 283 g/mol. The molecule has 5 nitrogen and oxygen atoms in total. The number of primary amides is 1. The van der Waals surface area contributed by atoms with Crippen LogP contribution in [0.4, 0.5) is 0 Å². The van der Waals surface area contributed by atoms with E-state index in [9.17, 15) is 4.79 Å². The number of nitrogens with two attached hydrogens (primary N) is 1. The second-order valence-electron chi connectivity index (χ2n) is 4.97.